The highest BCUT2D eigenvalue weighted by Crippen LogP contribution is 2.59. The van der Waals surface area contributed by atoms with Crippen LogP contribution in [0.25, 0.3) is 0 Å². The Morgan fingerprint density at radius 1 is 1.32 bits per heavy atom. The number of nitrogens with zero attached hydrogens (tertiary/aromatic N) is 4. The molecular formula is C28H32F2N6O5. The minimum absolute atomic E-state index is 0.0188. The average Bonchev–Trinajstić information content (AvgIpc) is 3.66. The molecular weight excluding hydrogens is 538 g/mol. The third-order valence-electron chi connectivity index (χ3n) is 9.68. The largest absolute Gasteiger partial charge is 0.471 e. The molecule has 4 heterocycles. The summed E-state index contributed by atoms with van der Waals surface area (Å²) in [6, 6.07) is 0.0638. The van der Waals surface area contributed by atoms with Gasteiger partial charge in [-0.25, -0.2) is 13.8 Å². The lowest BCUT2D eigenvalue weighted by atomic mass is 9.77. The SMILES string of the molecule is CC(C)(C)C(NC=O)C(=O)N1CC2C3CC(F)C(C3)C2C1C(=O)N1CC2(CC1C#N)Oc1cc(F)cnc1NC2=O. The molecule has 11 nitrogen and oxygen atoms in total. The first-order valence-electron chi connectivity index (χ1n) is 13.9. The second kappa shape index (κ2) is 9.36. The molecule has 4 fully saturated rings. The normalized spacial score (nSPS) is 35.8. The number of carbonyl (C=O) groups is 4. The lowest BCUT2D eigenvalue weighted by Crippen LogP contribution is -2.59. The molecule has 9 unspecified atom stereocenters. The number of hydrogen-bond acceptors (Lipinski definition) is 7. The summed E-state index contributed by atoms with van der Waals surface area (Å²) in [4.78, 5) is 59.6. The van der Waals surface area contributed by atoms with E-state index in [1.807, 2.05) is 0 Å². The molecule has 0 aromatic carbocycles. The van der Waals surface area contributed by atoms with Crippen molar-refractivity contribution < 1.29 is 32.7 Å². The highest BCUT2D eigenvalue weighted by atomic mass is 19.1. The maximum Gasteiger partial charge on any atom is 0.271 e. The van der Waals surface area contributed by atoms with Crippen LogP contribution in [0.4, 0.5) is 14.6 Å². The summed E-state index contributed by atoms with van der Waals surface area (Å²) in [5.74, 6) is -3.22. The van der Waals surface area contributed by atoms with Crippen LogP contribution in [-0.2, 0) is 19.2 Å². The third-order valence-corrected chi connectivity index (χ3v) is 9.68. The van der Waals surface area contributed by atoms with E-state index < -0.39 is 70.7 Å². The van der Waals surface area contributed by atoms with E-state index in [-0.39, 0.29) is 42.9 Å². The van der Waals surface area contributed by atoms with Gasteiger partial charge in [-0.1, -0.05) is 20.8 Å². The van der Waals surface area contributed by atoms with Crippen molar-refractivity contribution in [3.8, 4) is 11.8 Å². The van der Waals surface area contributed by atoms with Gasteiger partial charge in [0.2, 0.25) is 23.8 Å². The summed E-state index contributed by atoms with van der Waals surface area (Å²) >= 11 is 0. The first kappa shape index (κ1) is 27.4. The summed E-state index contributed by atoms with van der Waals surface area (Å²) in [5, 5.41) is 15.2. The van der Waals surface area contributed by atoms with Crippen LogP contribution >= 0.6 is 0 Å². The van der Waals surface area contributed by atoms with E-state index in [0.29, 0.717) is 19.3 Å². The number of likely N-dealkylation sites (tertiary alicyclic amines) is 2. The van der Waals surface area contributed by atoms with Crippen molar-refractivity contribution in [2.24, 2.45) is 29.1 Å². The van der Waals surface area contributed by atoms with Gasteiger partial charge in [0.05, 0.1) is 18.8 Å². The molecule has 1 spiro atoms. The Morgan fingerprint density at radius 3 is 2.76 bits per heavy atom. The smallest absolute Gasteiger partial charge is 0.271 e. The lowest BCUT2D eigenvalue weighted by Gasteiger charge is -2.38. The minimum Gasteiger partial charge on any atom is -0.471 e. The Kier molecular flexibility index (Phi) is 6.24. The molecule has 4 amide bonds. The van der Waals surface area contributed by atoms with Crippen molar-refractivity contribution in [1.29, 1.82) is 5.26 Å². The summed E-state index contributed by atoms with van der Waals surface area (Å²) in [6.07, 6.45) is 1.12. The standard InChI is InChI=1S/C28H32F2N6O5/c1-27(2,3)22(33-12-37)25(39)35-10-17-13-4-16(18(30)5-13)20(17)21(35)24(38)36-11-28(7-15(36)8-31)26(40)34-23-19(41-28)6-14(29)9-32-23/h6,9,12-13,15-18,20-22H,4-5,7,10-11H2,1-3H3,(H,33,37)(H,32,34,40). The van der Waals surface area contributed by atoms with Gasteiger partial charge >= 0.3 is 0 Å². The van der Waals surface area contributed by atoms with E-state index in [2.05, 4.69) is 21.7 Å². The number of nitriles is 1. The topological polar surface area (TPSA) is 145 Å². The molecule has 2 bridgehead atoms. The van der Waals surface area contributed by atoms with Crippen LogP contribution in [-0.4, -0.2) is 81.9 Å². The lowest BCUT2D eigenvalue weighted by molar-refractivity contribution is -0.149. The predicted octanol–water partition coefficient (Wildman–Crippen LogP) is 1.40. The monoisotopic (exact) mass is 570 g/mol. The summed E-state index contributed by atoms with van der Waals surface area (Å²) < 4.78 is 34.9. The van der Waals surface area contributed by atoms with Gasteiger partial charge in [-0.2, -0.15) is 5.26 Å². The third kappa shape index (κ3) is 4.13. The van der Waals surface area contributed by atoms with Crippen LogP contribution in [0, 0.1) is 46.2 Å². The molecule has 6 rings (SSSR count). The summed E-state index contributed by atoms with van der Waals surface area (Å²) in [6.45, 7) is 5.32. The molecule has 41 heavy (non-hydrogen) atoms. The van der Waals surface area contributed by atoms with Crippen molar-refractivity contribution in [2.45, 2.75) is 69.9 Å². The number of aromatic nitrogens is 1. The van der Waals surface area contributed by atoms with Crippen LogP contribution < -0.4 is 15.4 Å². The maximum absolute atomic E-state index is 15.1. The van der Waals surface area contributed by atoms with Gasteiger partial charge in [-0.05, 0) is 41.9 Å². The molecule has 2 saturated carbocycles. The quantitative estimate of drug-likeness (QED) is 0.521. The number of ether oxygens (including phenoxy) is 1. The van der Waals surface area contributed by atoms with Crippen LogP contribution in [0.3, 0.4) is 0 Å². The van der Waals surface area contributed by atoms with E-state index in [1.165, 1.54) is 9.80 Å². The second-order valence-corrected chi connectivity index (χ2v) is 13.0. The first-order chi connectivity index (χ1) is 19.4. The molecule has 0 radical (unpaired) electrons. The highest BCUT2D eigenvalue weighted by molar-refractivity contribution is 6.01. The van der Waals surface area contributed by atoms with Gasteiger partial charge in [-0.3, -0.25) is 19.2 Å². The van der Waals surface area contributed by atoms with Crippen LogP contribution in [0.1, 0.15) is 40.0 Å². The van der Waals surface area contributed by atoms with E-state index in [0.717, 1.165) is 12.3 Å². The molecule has 2 aliphatic carbocycles. The fourth-order valence-corrected chi connectivity index (χ4v) is 7.87. The van der Waals surface area contributed by atoms with Crippen LogP contribution in [0.5, 0.6) is 5.75 Å². The highest BCUT2D eigenvalue weighted by Gasteiger charge is 2.65. The van der Waals surface area contributed by atoms with Gasteiger partial charge < -0.3 is 25.2 Å². The van der Waals surface area contributed by atoms with E-state index in [4.69, 9.17) is 4.74 Å². The number of alkyl halides is 1. The van der Waals surface area contributed by atoms with Gasteiger partial charge in [-0.15, -0.1) is 0 Å². The molecule has 2 N–H and O–H groups in total. The number of amides is 4. The van der Waals surface area contributed by atoms with Gasteiger partial charge in [0.25, 0.3) is 5.91 Å². The molecule has 1 aromatic heterocycles. The maximum atomic E-state index is 15.1. The number of nitrogens with one attached hydrogen (secondary N) is 2. The molecule has 3 aliphatic heterocycles. The predicted molar refractivity (Wildman–Crippen MR) is 138 cm³/mol. The first-order valence-corrected chi connectivity index (χ1v) is 13.9. The molecule has 218 valence electrons. The van der Waals surface area contributed by atoms with Gasteiger partial charge in [0, 0.05) is 19.0 Å². The van der Waals surface area contributed by atoms with E-state index in [1.54, 1.807) is 20.8 Å². The van der Waals surface area contributed by atoms with E-state index >= 15 is 4.39 Å². The van der Waals surface area contributed by atoms with Crippen molar-refractivity contribution >= 4 is 29.9 Å². The Bertz CT molecular complexity index is 1360. The number of hydrogen-bond donors (Lipinski definition) is 2. The zero-order valence-electron chi connectivity index (χ0n) is 23.0. The number of anilines is 1. The summed E-state index contributed by atoms with van der Waals surface area (Å²) in [5.41, 5.74) is -2.35. The van der Waals surface area contributed by atoms with Crippen molar-refractivity contribution in [2.75, 3.05) is 18.4 Å². The number of fused-ring (bicyclic) bond motifs is 6. The molecule has 13 heteroatoms. The Morgan fingerprint density at radius 2 is 2.07 bits per heavy atom. The Hall–Kier alpha value is -3.82. The van der Waals surface area contributed by atoms with Crippen LogP contribution in [0.2, 0.25) is 0 Å². The molecule has 5 aliphatic rings. The van der Waals surface area contributed by atoms with Crippen molar-refractivity contribution in [3.63, 3.8) is 0 Å². The molecule has 2 saturated heterocycles. The molecule has 1 aromatic rings. The fraction of sp³-hybridized carbons (Fsp3) is 0.643. The molecule has 9 atom stereocenters. The number of rotatable bonds is 4. The number of halogens is 2. The van der Waals surface area contributed by atoms with Gasteiger partial charge in [0.1, 0.15) is 30.1 Å². The zero-order chi connectivity index (χ0) is 29.4. The van der Waals surface area contributed by atoms with Crippen molar-refractivity contribution in [1.82, 2.24) is 20.1 Å². The van der Waals surface area contributed by atoms with Crippen molar-refractivity contribution in [3.05, 3.63) is 18.1 Å². The number of pyridine rings is 1. The van der Waals surface area contributed by atoms with E-state index in [9.17, 15) is 28.8 Å². The fourth-order valence-electron chi connectivity index (χ4n) is 7.87. The Balaban J connectivity index is 1.35. The minimum atomic E-state index is -1.67. The summed E-state index contributed by atoms with van der Waals surface area (Å²) in [7, 11) is 0. The number of carbonyl (C=O) groups excluding carboxylic acids is 4. The average molecular weight is 571 g/mol. The Labute approximate surface area is 235 Å². The zero-order valence-corrected chi connectivity index (χ0v) is 23.0. The van der Waals surface area contributed by atoms with Gasteiger partial charge in [0.15, 0.2) is 11.6 Å². The van der Waals surface area contributed by atoms with Crippen LogP contribution in [0.15, 0.2) is 12.3 Å². The second-order valence-electron chi connectivity index (χ2n) is 13.0.